The van der Waals surface area contributed by atoms with Gasteiger partial charge < -0.3 is 14.7 Å². The Hall–Kier alpha value is -3.31. The summed E-state index contributed by atoms with van der Waals surface area (Å²) in [5.74, 6) is -0.338. The van der Waals surface area contributed by atoms with Gasteiger partial charge in [-0.25, -0.2) is 0 Å². The number of hydrogen-bond acceptors (Lipinski definition) is 3. The summed E-state index contributed by atoms with van der Waals surface area (Å²) in [5, 5.41) is 9.98. The minimum atomic E-state index is -0.926. The molecule has 1 aliphatic rings. The third-order valence-electron chi connectivity index (χ3n) is 6.85. The number of carboxylic acids is 1. The lowest BCUT2D eigenvalue weighted by atomic mass is 9.91. The first-order chi connectivity index (χ1) is 17.8. The van der Waals surface area contributed by atoms with Crippen LogP contribution in [0, 0.1) is 0 Å². The molecule has 0 aliphatic carbocycles. The van der Waals surface area contributed by atoms with E-state index in [2.05, 4.69) is 26.0 Å². The molecular formula is C31H34ClNO4. The molecule has 1 aliphatic heterocycles. The fourth-order valence-electron chi connectivity index (χ4n) is 4.88. The summed E-state index contributed by atoms with van der Waals surface area (Å²) in [5.41, 5.74) is 4.32. The Bertz CT molecular complexity index is 1260. The molecule has 0 spiro atoms. The van der Waals surface area contributed by atoms with Gasteiger partial charge in [-0.05, 0) is 66.3 Å². The van der Waals surface area contributed by atoms with E-state index in [9.17, 15) is 14.7 Å². The highest BCUT2D eigenvalue weighted by atomic mass is 35.5. The molecular weight excluding hydrogens is 486 g/mol. The lowest BCUT2D eigenvalue weighted by Gasteiger charge is -2.24. The Balaban J connectivity index is 1.49. The number of carboxylic acid groups (broad SMARTS) is 1. The maximum Gasteiger partial charge on any atom is 0.305 e. The highest BCUT2D eigenvalue weighted by Gasteiger charge is 2.36. The topological polar surface area (TPSA) is 66.8 Å². The number of aliphatic carboxylic acids is 1. The fraction of sp³-hybridized carbons (Fsp3) is 0.355. The second kappa shape index (κ2) is 11.8. The van der Waals surface area contributed by atoms with E-state index in [1.807, 2.05) is 48.5 Å². The van der Waals surface area contributed by atoms with E-state index in [0.29, 0.717) is 30.0 Å². The van der Waals surface area contributed by atoms with Gasteiger partial charge in [0.15, 0.2) is 0 Å². The number of carbonyl (C=O) groups is 2. The minimum absolute atomic E-state index is 0.107. The van der Waals surface area contributed by atoms with Crippen LogP contribution in [0.2, 0.25) is 5.02 Å². The molecule has 5 nitrogen and oxygen atoms in total. The largest absolute Gasteiger partial charge is 0.487 e. The maximum atomic E-state index is 13.5. The Morgan fingerprint density at radius 1 is 1.05 bits per heavy atom. The number of fused-ring (bicyclic) bond motifs is 1. The van der Waals surface area contributed by atoms with Crippen molar-refractivity contribution in [1.29, 1.82) is 0 Å². The van der Waals surface area contributed by atoms with Crippen LogP contribution in [0.25, 0.3) is 0 Å². The number of unbranched alkanes of at least 4 members (excludes halogenated alkanes) is 1. The van der Waals surface area contributed by atoms with Crippen LogP contribution < -0.4 is 4.74 Å². The summed E-state index contributed by atoms with van der Waals surface area (Å²) in [7, 11) is 0. The van der Waals surface area contributed by atoms with Crippen molar-refractivity contribution >= 4 is 23.5 Å². The number of halogens is 1. The van der Waals surface area contributed by atoms with E-state index in [4.69, 9.17) is 16.3 Å². The minimum Gasteiger partial charge on any atom is -0.487 e. The van der Waals surface area contributed by atoms with Gasteiger partial charge in [-0.3, -0.25) is 9.59 Å². The number of hydrogen-bond donors (Lipinski definition) is 1. The molecule has 0 saturated heterocycles. The predicted molar refractivity (Wildman–Crippen MR) is 146 cm³/mol. The van der Waals surface area contributed by atoms with Crippen LogP contribution in [0.1, 0.15) is 65.7 Å². The predicted octanol–water partition coefficient (Wildman–Crippen LogP) is 6.74. The summed E-state index contributed by atoms with van der Waals surface area (Å²) in [6, 6.07) is 21.5. The highest BCUT2D eigenvalue weighted by molar-refractivity contribution is 6.31. The zero-order valence-electron chi connectivity index (χ0n) is 21.5. The highest BCUT2D eigenvalue weighted by Crippen LogP contribution is 2.38. The number of ether oxygens (including phenoxy) is 1. The van der Waals surface area contributed by atoms with Crippen LogP contribution in [0.3, 0.4) is 0 Å². The number of benzene rings is 3. The molecule has 0 aromatic heterocycles. The van der Waals surface area contributed by atoms with Crippen molar-refractivity contribution in [2.75, 3.05) is 6.54 Å². The standard InChI is InChI=1S/C31H34ClNO4/c1-3-4-7-22-10-12-23(13-11-22)21-33(17-16-29(34)35)30(36)24-14-15-28-26(18-24)20-31(2,37-28)19-25-8-5-6-9-27(25)32/h5-6,8-15,18H,3-4,7,16-17,19-21H2,1-2H3,(H,34,35)/t31-/m1/s1. The lowest BCUT2D eigenvalue weighted by molar-refractivity contribution is -0.137. The van der Waals surface area contributed by atoms with Crippen molar-refractivity contribution in [3.63, 3.8) is 0 Å². The van der Waals surface area contributed by atoms with Crippen molar-refractivity contribution < 1.29 is 19.4 Å². The smallest absolute Gasteiger partial charge is 0.305 e. The van der Waals surface area contributed by atoms with Crippen LogP contribution >= 0.6 is 11.6 Å². The number of aryl methyl sites for hydroxylation is 1. The zero-order valence-corrected chi connectivity index (χ0v) is 22.3. The molecule has 6 heteroatoms. The SMILES string of the molecule is CCCCc1ccc(CN(CCC(=O)O)C(=O)c2ccc3c(c2)C[C@@](C)(Cc2ccccc2Cl)O3)cc1. The third kappa shape index (κ3) is 6.92. The fourth-order valence-corrected chi connectivity index (χ4v) is 5.08. The van der Waals surface area contributed by atoms with Gasteiger partial charge >= 0.3 is 5.97 Å². The molecule has 0 radical (unpaired) electrons. The molecule has 0 saturated carbocycles. The average Bonchev–Trinajstić information content (AvgIpc) is 3.22. The van der Waals surface area contributed by atoms with Gasteiger partial charge in [-0.1, -0.05) is 67.4 Å². The Kier molecular flexibility index (Phi) is 8.55. The molecule has 37 heavy (non-hydrogen) atoms. The lowest BCUT2D eigenvalue weighted by Crippen LogP contribution is -2.33. The van der Waals surface area contributed by atoms with Gasteiger partial charge in [0.25, 0.3) is 5.91 Å². The van der Waals surface area contributed by atoms with Crippen LogP contribution in [-0.2, 0) is 30.6 Å². The van der Waals surface area contributed by atoms with Gasteiger partial charge in [-0.2, -0.15) is 0 Å². The van der Waals surface area contributed by atoms with Gasteiger partial charge in [0, 0.05) is 36.5 Å². The molecule has 194 valence electrons. The van der Waals surface area contributed by atoms with Gasteiger partial charge in [0.05, 0.1) is 6.42 Å². The molecule has 1 N–H and O–H groups in total. The van der Waals surface area contributed by atoms with E-state index in [1.165, 1.54) is 5.56 Å². The van der Waals surface area contributed by atoms with Crippen LogP contribution in [0.5, 0.6) is 5.75 Å². The number of amides is 1. The van der Waals surface area contributed by atoms with E-state index in [1.54, 1.807) is 11.0 Å². The van der Waals surface area contributed by atoms with Gasteiger partial charge in [0.2, 0.25) is 0 Å². The quantitative estimate of drug-likeness (QED) is 0.305. The van der Waals surface area contributed by atoms with E-state index in [-0.39, 0.29) is 18.9 Å². The first kappa shape index (κ1) is 26.7. The summed E-state index contributed by atoms with van der Waals surface area (Å²) in [4.78, 5) is 26.5. The Morgan fingerprint density at radius 3 is 2.49 bits per heavy atom. The van der Waals surface area contributed by atoms with Crippen molar-refractivity contribution in [2.24, 2.45) is 0 Å². The molecule has 1 atom stereocenters. The van der Waals surface area contributed by atoms with E-state index in [0.717, 1.165) is 41.7 Å². The Labute approximate surface area is 224 Å². The monoisotopic (exact) mass is 519 g/mol. The molecule has 3 aromatic carbocycles. The molecule has 1 amide bonds. The third-order valence-corrected chi connectivity index (χ3v) is 7.22. The summed E-state index contributed by atoms with van der Waals surface area (Å²) < 4.78 is 6.30. The Morgan fingerprint density at radius 2 is 1.78 bits per heavy atom. The van der Waals surface area contributed by atoms with Crippen LogP contribution in [0.15, 0.2) is 66.7 Å². The van der Waals surface area contributed by atoms with Crippen molar-refractivity contribution in [2.45, 2.75) is 64.5 Å². The van der Waals surface area contributed by atoms with Crippen molar-refractivity contribution in [3.8, 4) is 5.75 Å². The molecule has 1 heterocycles. The van der Waals surface area contributed by atoms with Gasteiger partial charge in [0.1, 0.15) is 11.4 Å². The first-order valence-electron chi connectivity index (χ1n) is 12.9. The molecule has 3 aromatic rings. The molecule has 0 fully saturated rings. The first-order valence-corrected chi connectivity index (χ1v) is 13.3. The van der Waals surface area contributed by atoms with Crippen LogP contribution in [-0.4, -0.2) is 34.0 Å². The molecule has 4 rings (SSSR count). The number of carbonyl (C=O) groups excluding carboxylic acids is 1. The van der Waals surface area contributed by atoms with Gasteiger partial charge in [-0.15, -0.1) is 0 Å². The van der Waals surface area contributed by atoms with E-state index >= 15 is 0 Å². The number of nitrogens with zero attached hydrogens (tertiary/aromatic N) is 1. The summed E-state index contributed by atoms with van der Waals surface area (Å²) >= 11 is 6.38. The normalized spacial score (nSPS) is 16.2. The van der Waals surface area contributed by atoms with Crippen molar-refractivity contribution in [3.05, 3.63) is 99.6 Å². The summed E-state index contributed by atoms with van der Waals surface area (Å²) in [6.07, 6.45) is 4.52. The second-order valence-electron chi connectivity index (χ2n) is 10.1. The molecule has 0 bridgehead atoms. The molecule has 0 unspecified atom stereocenters. The van der Waals surface area contributed by atoms with E-state index < -0.39 is 11.6 Å². The zero-order chi connectivity index (χ0) is 26.4. The second-order valence-corrected chi connectivity index (χ2v) is 10.5. The van der Waals surface area contributed by atoms with Crippen LogP contribution in [0.4, 0.5) is 0 Å². The summed E-state index contributed by atoms with van der Waals surface area (Å²) in [6.45, 7) is 4.73. The number of rotatable bonds is 11. The maximum absolute atomic E-state index is 13.5. The van der Waals surface area contributed by atoms with Crippen molar-refractivity contribution in [1.82, 2.24) is 4.90 Å². The average molecular weight is 520 g/mol.